The summed E-state index contributed by atoms with van der Waals surface area (Å²) in [6, 6.07) is -1.32. The van der Waals surface area contributed by atoms with Crippen LogP contribution in [0.5, 0.6) is 0 Å². The lowest BCUT2D eigenvalue weighted by Crippen LogP contribution is -2.53. The Labute approximate surface area is 114 Å². The fourth-order valence-electron chi connectivity index (χ4n) is 0.983. The van der Waals surface area contributed by atoms with Gasteiger partial charge in [-0.1, -0.05) is 0 Å². The van der Waals surface area contributed by atoms with Crippen LogP contribution in [0.2, 0.25) is 0 Å². The van der Waals surface area contributed by atoms with E-state index in [1.807, 2.05) is 0 Å². The smallest absolute Gasteiger partial charge is 0.394 e. The quantitative estimate of drug-likeness (QED) is 0.187. The van der Waals surface area contributed by atoms with Crippen LogP contribution in [0, 0.1) is 0 Å². The molecule has 0 aliphatic carbocycles. The number of hydrogen-bond donors (Lipinski definition) is 7. The first-order chi connectivity index (χ1) is 8.93. The van der Waals surface area contributed by atoms with Crippen LogP contribution in [0.15, 0.2) is 0 Å². The first-order valence-corrected chi connectivity index (χ1v) is 6.41. The van der Waals surface area contributed by atoms with E-state index in [1.54, 1.807) is 0 Å². The van der Waals surface area contributed by atoms with Gasteiger partial charge in [0.1, 0.15) is 30.6 Å². The van der Waals surface area contributed by atoms with Gasteiger partial charge in [-0.3, -0.25) is 13.9 Å². The third-order valence-electron chi connectivity index (χ3n) is 1.82. The van der Waals surface area contributed by atoms with Crippen molar-refractivity contribution in [2.75, 3.05) is 6.61 Å². The molecule has 7 N–H and O–H groups in total. The van der Waals surface area contributed by atoms with E-state index in [9.17, 15) is 19.8 Å². The summed E-state index contributed by atoms with van der Waals surface area (Å²) in [4.78, 5) is 21.1. The van der Waals surface area contributed by atoms with Crippen molar-refractivity contribution in [3.63, 3.8) is 0 Å². The first kappa shape index (κ1) is 21.2. The van der Waals surface area contributed by atoms with E-state index >= 15 is 0 Å². The van der Waals surface area contributed by atoms with Gasteiger partial charge < -0.3 is 30.5 Å². The third kappa shape index (κ3) is 11.9. The summed E-state index contributed by atoms with van der Waals surface area (Å²) < 4.78 is 31.6. The largest absolute Gasteiger partial charge is 0.394 e. The van der Waals surface area contributed by atoms with E-state index in [-0.39, 0.29) is 6.29 Å². The number of carbonyl (C=O) groups is 2. The lowest BCUT2D eigenvalue weighted by molar-refractivity contribution is -0.129. The molecular weight excluding hydrogens is 302 g/mol. The Morgan fingerprint density at radius 3 is 1.85 bits per heavy atom. The Bertz CT molecular complexity index is 388. The molecule has 0 saturated heterocycles. The van der Waals surface area contributed by atoms with Gasteiger partial charge in [-0.05, 0) is 0 Å². The average molecular weight is 319 g/mol. The van der Waals surface area contributed by atoms with Gasteiger partial charge in [-0.2, -0.15) is 8.42 Å². The standard InChI is InChI=1S/C8H15NO6.H2O4S/c1-4(12)9-5(2-10)7(14)8(15)6(13)3-11;1-5(2,3)4/h2,5-8,11,13-15H,3H2,1H3,(H,9,12);(H2,1,2,3,4)/t5-,6-,7-,8-;/m1./s1. The zero-order valence-corrected chi connectivity index (χ0v) is 11.1. The molecule has 20 heavy (non-hydrogen) atoms. The van der Waals surface area contributed by atoms with Crippen molar-refractivity contribution in [2.24, 2.45) is 0 Å². The molecule has 0 aliphatic heterocycles. The topological polar surface area (TPSA) is 202 Å². The Hall–Kier alpha value is -1.15. The predicted octanol–water partition coefficient (Wildman–Crippen LogP) is -3.89. The second kappa shape index (κ2) is 9.71. The van der Waals surface area contributed by atoms with Gasteiger partial charge >= 0.3 is 10.4 Å². The number of hydrogen-bond acceptors (Lipinski definition) is 8. The van der Waals surface area contributed by atoms with E-state index in [4.69, 9.17) is 27.7 Å². The molecule has 0 bridgehead atoms. The van der Waals surface area contributed by atoms with Crippen LogP contribution >= 0.6 is 0 Å². The highest BCUT2D eigenvalue weighted by atomic mass is 32.3. The molecule has 12 heteroatoms. The maximum atomic E-state index is 10.6. The van der Waals surface area contributed by atoms with E-state index < -0.39 is 47.3 Å². The summed E-state index contributed by atoms with van der Waals surface area (Å²) >= 11 is 0. The third-order valence-corrected chi connectivity index (χ3v) is 1.82. The summed E-state index contributed by atoms with van der Waals surface area (Å²) in [6.07, 6.45) is -4.72. The molecule has 0 fully saturated rings. The van der Waals surface area contributed by atoms with Crippen molar-refractivity contribution in [3.05, 3.63) is 0 Å². The summed E-state index contributed by atoms with van der Waals surface area (Å²) in [5.41, 5.74) is 0. The summed E-state index contributed by atoms with van der Waals surface area (Å²) in [6.45, 7) is 0.377. The zero-order chi connectivity index (χ0) is 16.5. The minimum atomic E-state index is -4.67. The van der Waals surface area contributed by atoms with E-state index in [1.165, 1.54) is 0 Å². The number of aldehydes is 1. The van der Waals surface area contributed by atoms with Gasteiger partial charge in [0.25, 0.3) is 0 Å². The molecule has 1 amide bonds. The van der Waals surface area contributed by atoms with Gasteiger partial charge in [0, 0.05) is 6.92 Å². The summed E-state index contributed by atoms with van der Waals surface area (Å²) in [5.74, 6) is -0.558. The average Bonchev–Trinajstić information content (AvgIpc) is 2.30. The summed E-state index contributed by atoms with van der Waals surface area (Å²) in [7, 11) is -4.67. The van der Waals surface area contributed by atoms with E-state index in [0.29, 0.717) is 0 Å². The first-order valence-electron chi connectivity index (χ1n) is 5.01. The molecule has 0 rings (SSSR count). The number of rotatable bonds is 6. The Morgan fingerprint density at radius 1 is 1.20 bits per heavy atom. The van der Waals surface area contributed by atoms with Gasteiger partial charge in [0.05, 0.1) is 6.61 Å². The fraction of sp³-hybridized carbons (Fsp3) is 0.750. The minimum absolute atomic E-state index is 0.235. The second-order valence-corrected chi connectivity index (χ2v) is 4.44. The summed E-state index contributed by atoms with van der Waals surface area (Å²) in [5, 5.41) is 38.2. The van der Waals surface area contributed by atoms with Crippen LogP contribution < -0.4 is 5.32 Å². The van der Waals surface area contributed by atoms with E-state index in [2.05, 4.69) is 5.32 Å². The van der Waals surface area contributed by atoms with Gasteiger partial charge in [-0.15, -0.1) is 0 Å². The maximum absolute atomic E-state index is 10.6. The highest BCUT2D eigenvalue weighted by Crippen LogP contribution is 2.03. The molecule has 0 heterocycles. The van der Waals surface area contributed by atoms with Crippen LogP contribution in [-0.4, -0.2) is 81.1 Å². The van der Waals surface area contributed by atoms with E-state index in [0.717, 1.165) is 6.92 Å². The molecule has 120 valence electrons. The van der Waals surface area contributed by atoms with Crippen LogP contribution in [-0.2, 0) is 20.0 Å². The molecule has 0 aromatic carbocycles. The second-order valence-electron chi connectivity index (χ2n) is 3.54. The van der Waals surface area contributed by atoms with Crippen molar-refractivity contribution in [2.45, 2.75) is 31.3 Å². The van der Waals surface area contributed by atoms with Crippen molar-refractivity contribution in [3.8, 4) is 0 Å². The van der Waals surface area contributed by atoms with Crippen LogP contribution in [0.1, 0.15) is 6.92 Å². The molecular formula is C8H17NO10S. The highest BCUT2D eigenvalue weighted by Gasteiger charge is 2.31. The predicted molar refractivity (Wildman–Crippen MR) is 63.0 cm³/mol. The number of carbonyl (C=O) groups excluding carboxylic acids is 2. The van der Waals surface area contributed by atoms with Gasteiger partial charge in [0.15, 0.2) is 0 Å². The fourth-order valence-corrected chi connectivity index (χ4v) is 0.983. The van der Waals surface area contributed by atoms with Crippen LogP contribution in [0.4, 0.5) is 0 Å². The molecule has 0 aliphatic rings. The van der Waals surface area contributed by atoms with Crippen LogP contribution in [0.25, 0.3) is 0 Å². The van der Waals surface area contributed by atoms with Crippen molar-refractivity contribution in [1.29, 1.82) is 0 Å². The normalized spacial score (nSPS) is 16.9. The maximum Gasteiger partial charge on any atom is 0.394 e. The molecule has 4 atom stereocenters. The number of aliphatic hydroxyl groups is 4. The SMILES string of the molecule is CC(=O)N[C@H](C=O)[C@@H](O)[C@H](O)[C@H](O)CO.O=S(=O)(O)O. The molecule has 0 aromatic heterocycles. The number of nitrogens with one attached hydrogen (secondary N) is 1. The molecule has 0 spiro atoms. The minimum Gasteiger partial charge on any atom is -0.394 e. The molecule has 0 radical (unpaired) electrons. The number of aliphatic hydroxyl groups excluding tert-OH is 4. The van der Waals surface area contributed by atoms with Gasteiger partial charge in [0.2, 0.25) is 5.91 Å². The van der Waals surface area contributed by atoms with Crippen LogP contribution in [0.3, 0.4) is 0 Å². The number of amides is 1. The Kier molecular flexibility index (Phi) is 10.3. The van der Waals surface area contributed by atoms with Crippen molar-refractivity contribution >= 4 is 22.6 Å². The molecule has 0 aromatic rings. The molecule has 0 unspecified atom stereocenters. The highest BCUT2D eigenvalue weighted by molar-refractivity contribution is 7.79. The van der Waals surface area contributed by atoms with Crippen molar-refractivity contribution < 1.29 is 47.5 Å². The zero-order valence-electron chi connectivity index (χ0n) is 10.3. The monoisotopic (exact) mass is 319 g/mol. The van der Waals surface area contributed by atoms with Crippen molar-refractivity contribution in [1.82, 2.24) is 5.32 Å². The Balaban J connectivity index is 0. The molecule has 0 saturated carbocycles. The lowest BCUT2D eigenvalue weighted by atomic mass is 10.0. The Morgan fingerprint density at radius 2 is 1.60 bits per heavy atom. The van der Waals surface area contributed by atoms with Gasteiger partial charge in [-0.25, -0.2) is 0 Å². The lowest BCUT2D eigenvalue weighted by Gasteiger charge is -2.25. The molecule has 11 nitrogen and oxygen atoms in total.